The van der Waals surface area contributed by atoms with Crippen LogP contribution in [0.25, 0.3) is 11.2 Å². The van der Waals surface area contributed by atoms with Crippen molar-refractivity contribution in [3.63, 3.8) is 0 Å². The summed E-state index contributed by atoms with van der Waals surface area (Å²) in [6.45, 7) is 2.81. The predicted octanol–water partition coefficient (Wildman–Crippen LogP) is 0.194. The van der Waals surface area contributed by atoms with Crippen molar-refractivity contribution in [1.29, 1.82) is 0 Å². The largest absolute Gasteiger partial charge is 0.382 e. The average molecular weight is 288 g/mol. The number of hydrogen-bond acceptors (Lipinski definition) is 6. The number of nitrogen functional groups attached to an aromatic ring is 1. The van der Waals surface area contributed by atoms with Gasteiger partial charge in [-0.15, -0.1) is 0 Å². The zero-order valence-electron chi connectivity index (χ0n) is 11.7. The Morgan fingerprint density at radius 3 is 2.81 bits per heavy atom. The summed E-state index contributed by atoms with van der Waals surface area (Å²) in [5.74, 6) is -0.0202. The number of amides is 2. The van der Waals surface area contributed by atoms with Gasteiger partial charge in [-0.1, -0.05) is 6.92 Å². The Hall–Kier alpha value is -2.51. The minimum atomic E-state index is -0.195. The molecule has 21 heavy (non-hydrogen) atoms. The quantitative estimate of drug-likeness (QED) is 0.805. The number of aryl methyl sites for hydroxylation is 1. The molecule has 0 aliphatic carbocycles. The van der Waals surface area contributed by atoms with Crippen molar-refractivity contribution in [1.82, 2.24) is 24.4 Å². The first-order valence-electron chi connectivity index (χ1n) is 6.83. The van der Waals surface area contributed by atoms with Gasteiger partial charge in [0.15, 0.2) is 11.5 Å². The van der Waals surface area contributed by atoms with Gasteiger partial charge < -0.3 is 10.3 Å². The number of imidazole rings is 1. The second-order valence-electron chi connectivity index (χ2n) is 5.21. The van der Waals surface area contributed by atoms with Gasteiger partial charge in [-0.2, -0.15) is 0 Å². The monoisotopic (exact) mass is 288 g/mol. The van der Waals surface area contributed by atoms with Gasteiger partial charge in [-0.05, 0) is 6.42 Å². The molecule has 8 heteroatoms. The van der Waals surface area contributed by atoms with Gasteiger partial charge in [-0.25, -0.2) is 15.0 Å². The third-order valence-electron chi connectivity index (χ3n) is 3.68. The molecule has 1 aliphatic heterocycles. The number of nitrogens with two attached hydrogens (primary N) is 1. The maximum Gasteiger partial charge on any atom is 0.232 e. The van der Waals surface area contributed by atoms with E-state index in [9.17, 15) is 9.59 Å². The molecule has 1 aliphatic rings. The van der Waals surface area contributed by atoms with Crippen molar-refractivity contribution in [3.8, 4) is 0 Å². The number of imide groups is 1. The third-order valence-corrected chi connectivity index (χ3v) is 3.68. The Kier molecular flexibility index (Phi) is 3.28. The van der Waals surface area contributed by atoms with E-state index in [2.05, 4.69) is 15.0 Å². The van der Waals surface area contributed by atoms with Crippen molar-refractivity contribution in [3.05, 3.63) is 12.7 Å². The van der Waals surface area contributed by atoms with Crippen LogP contribution in [-0.2, 0) is 16.1 Å². The number of fused-ring (bicyclic) bond motifs is 1. The molecule has 1 atom stereocenters. The highest BCUT2D eigenvalue weighted by molar-refractivity contribution is 6.03. The minimum absolute atomic E-state index is 0.0814. The van der Waals surface area contributed by atoms with Gasteiger partial charge in [0.05, 0.1) is 6.33 Å². The second-order valence-corrected chi connectivity index (χ2v) is 5.21. The molecule has 1 fully saturated rings. The average Bonchev–Trinajstić information content (AvgIpc) is 2.96. The summed E-state index contributed by atoms with van der Waals surface area (Å²) >= 11 is 0. The fourth-order valence-corrected chi connectivity index (χ4v) is 2.54. The highest BCUT2D eigenvalue weighted by atomic mass is 16.2. The molecule has 3 heterocycles. The zero-order chi connectivity index (χ0) is 15.0. The number of aromatic nitrogens is 4. The van der Waals surface area contributed by atoms with Crippen LogP contribution in [0.2, 0.25) is 0 Å². The molecular weight excluding hydrogens is 272 g/mol. The molecule has 0 aromatic carbocycles. The molecule has 2 N–H and O–H groups in total. The fraction of sp³-hybridized carbons (Fsp3) is 0.462. The highest BCUT2D eigenvalue weighted by Gasteiger charge is 2.34. The van der Waals surface area contributed by atoms with Gasteiger partial charge in [-0.3, -0.25) is 14.5 Å². The fourth-order valence-electron chi connectivity index (χ4n) is 2.54. The van der Waals surface area contributed by atoms with Gasteiger partial charge in [0, 0.05) is 25.4 Å². The molecule has 8 nitrogen and oxygen atoms in total. The van der Waals surface area contributed by atoms with Crippen LogP contribution >= 0.6 is 0 Å². The first-order valence-corrected chi connectivity index (χ1v) is 6.83. The van der Waals surface area contributed by atoms with Crippen molar-refractivity contribution in [2.24, 2.45) is 5.92 Å². The molecule has 0 bridgehead atoms. The number of carbonyl (C=O) groups excluding carboxylic acids is 2. The summed E-state index contributed by atoms with van der Waals surface area (Å²) in [4.78, 5) is 37.1. The lowest BCUT2D eigenvalue weighted by molar-refractivity contribution is -0.139. The number of rotatable bonds is 4. The van der Waals surface area contributed by atoms with Crippen LogP contribution in [0.3, 0.4) is 0 Å². The number of likely N-dealkylation sites (tertiary alicyclic amines) is 1. The van der Waals surface area contributed by atoms with Gasteiger partial charge in [0.25, 0.3) is 0 Å². The summed E-state index contributed by atoms with van der Waals surface area (Å²) in [6, 6.07) is 0. The summed E-state index contributed by atoms with van der Waals surface area (Å²) in [6.07, 6.45) is 4.01. The Balaban J connectivity index is 1.66. The maximum atomic E-state index is 11.8. The lowest BCUT2D eigenvalue weighted by Gasteiger charge is -2.14. The summed E-state index contributed by atoms with van der Waals surface area (Å²) in [7, 11) is 0. The zero-order valence-corrected chi connectivity index (χ0v) is 11.7. The third kappa shape index (κ3) is 2.32. The van der Waals surface area contributed by atoms with E-state index in [1.165, 1.54) is 11.2 Å². The van der Waals surface area contributed by atoms with Crippen molar-refractivity contribution in [2.45, 2.75) is 26.3 Å². The van der Waals surface area contributed by atoms with Crippen LogP contribution in [0.4, 0.5) is 5.82 Å². The Morgan fingerprint density at radius 1 is 1.29 bits per heavy atom. The molecule has 2 aromatic rings. The number of carbonyl (C=O) groups is 2. The van der Waals surface area contributed by atoms with E-state index in [1.807, 2.05) is 4.57 Å². The molecule has 0 radical (unpaired) electrons. The van der Waals surface area contributed by atoms with Crippen LogP contribution in [0.1, 0.15) is 19.8 Å². The lowest BCUT2D eigenvalue weighted by atomic mass is 10.1. The van der Waals surface area contributed by atoms with Crippen LogP contribution in [-0.4, -0.2) is 42.8 Å². The van der Waals surface area contributed by atoms with E-state index in [1.54, 1.807) is 13.3 Å². The summed E-state index contributed by atoms with van der Waals surface area (Å²) in [5, 5.41) is 0. The molecule has 2 amide bonds. The SMILES string of the molecule is CC1CC(=O)N(CCCn2cnc3c(N)ncnc32)C1=O. The van der Waals surface area contributed by atoms with Crippen LogP contribution < -0.4 is 5.73 Å². The van der Waals surface area contributed by atoms with Crippen LogP contribution in [0.15, 0.2) is 12.7 Å². The van der Waals surface area contributed by atoms with Gasteiger partial charge in [0.2, 0.25) is 11.8 Å². The Morgan fingerprint density at radius 2 is 2.10 bits per heavy atom. The molecule has 1 saturated heterocycles. The summed E-state index contributed by atoms with van der Waals surface area (Å²) in [5.41, 5.74) is 6.96. The van der Waals surface area contributed by atoms with E-state index in [0.717, 1.165) is 0 Å². The van der Waals surface area contributed by atoms with E-state index >= 15 is 0 Å². The first-order chi connectivity index (χ1) is 10.1. The molecule has 2 aromatic heterocycles. The Bertz CT molecular complexity index is 710. The van der Waals surface area contributed by atoms with E-state index in [4.69, 9.17) is 5.73 Å². The smallest absolute Gasteiger partial charge is 0.232 e. The predicted molar refractivity (Wildman–Crippen MR) is 74.9 cm³/mol. The van der Waals surface area contributed by atoms with Gasteiger partial charge in [0.1, 0.15) is 11.8 Å². The van der Waals surface area contributed by atoms with Crippen molar-refractivity contribution >= 4 is 28.8 Å². The first kappa shape index (κ1) is 13.5. The van der Waals surface area contributed by atoms with E-state index in [-0.39, 0.29) is 17.7 Å². The molecule has 0 spiro atoms. The molecule has 0 saturated carbocycles. The maximum absolute atomic E-state index is 11.8. The number of nitrogens with zero attached hydrogens (tertiary/aromatic N) is 5. The Labute approximate surface area is 121 Å². The highest BCUT2D eigenvalue weighted by Crippen LogP contribution is 2.19. The molecule has 3 rings (SSSR count). The second kappa shape index (κ2) is 5.12. The van der Waals surface area contributed by atoms with Crippen molar-refractivity contribution < 1.29 is 9.59 Å². The standard InChI is InChI=1S/C13H16N6O2/c1-8-5-9(20)19(13(8)21)4-2-3-18-7-17-10-11(14)15-6-16-12(10)18/h6-8H,2-5H2,1H3,(H2,14,15,16). The molecule has 1 unspecified atom stereocenters. The minimum Gasteiger partial charge on any atom is -0.382 e. The van der Waals surface area contributed by atoms with Gasteiger partial charge >= 0.3 is 0 Å². The van der Waals surface area contributed by atoms with Crippen LogP contribution in [0, 0.1) is 5.92 Å². The van der Waals surface area contributed by atoms with Crippen LogP contribution in [0.5, 0.6) is 0 Å². The lowest BCUT2D eigenvalue weighted by Crippen LogP contribution is -2.31. The number of hydrogen-bond donors (Lipinski definition) is 1. The summed E-state index contributed by atoms with van der Waals surface area (Å²) < 4.78 is 1.85. The normalized spacial score (nSPS) is 18.9. The van der Waals surface area contributed by atoms with Crippen molar-refractivity contribution in [2.75, 3.05) is 12.3 Å². The topological polar surface area (TPSA) is 107 Å². The molecule has 110 valence electrons. The number of anilines is 1. The molecular formula is C13H16N6O2. The van der Waals surface area contributed by atoms with E-state index in [0.29, 0.717) is 42.9 Å². The van der Waals surface area contributed by atoms with E-state index < -0.39 is 0 Å².